The van der Waals surface area contributed by atoms with Gasteiger partial charge in [0.25, 0.3) is 5.82 Å². The summed E-state index contributed by atoms with van der Waals surface area (Å²) in [5.74, 6) is 1.03. The first-order valence-corrected chi connectivity index (χ1v) is 9.58. The van der Waals surface area contributed by atoms with Crippen LogP contribution < -0.4 is 9.67 Å². The second kappa shape index (κ2) is 8.38. The predicted molar refractivity (Wildman–Crippen MR) is 114 cm³/mol. The Morgan fingerprint density at radius 1 is 1.18 bits per heavy atom. The minimum absolute atomic E-state index is 0. The van der Waals surface area contributed by atoms with Gasteiger partial charge in [-0.25, -0.2) is 9.13 Å². The Balaban J connectivity index is 0.00000225. The maximum atomic E-state index is 12.6. The lowest BCUT2D eigenvalue weighted by Crippen LogP contribution is -2.43. The molecule has 1 aliphatic heterocycles. The average molecular weight is 416 g/mol. The fourth-order valence-corrected chi connectivity index (χ4v) is 3.79. The number of hydrogen-bond acceptors (Lipinski definition) is 2. The predicted octanol–water partition coefficient (Wildman–Crippen LogP) is 4.17. The van der Waals surface area contributed by atoms with Crippen LogP contribution in [0, 0.1) is 13.8 Å². The van der Waals surface area contributed by atoms with Crippen LogP contribution in [0.3, 0.4) is 0 Å². The zero-order valence-corrected chi connectivity index (χ0v) is 17.6. The van der Waals surface area contributed by atoms with Gasteiger partial charge >= 0.3 is 0 Å². The number of nitrogens with zero attached hydrogens (tertiary/aromatic N) is 3. The summed E-state index contributed by atoms with van der Waals surface area (Å²) in [5, 5.41) is 13.2. The van der Waals surface area contributed by atoms with Crippen LogP contribution >= 0.6 is 24.0 Å². The summed E-state index contributed by atoms with van der Waals surface area (Å²) in [4.78, 5) is 4.28. The highest BCUT2D eigenvalue weighted by molar-refractivity contribution is 6.30. The van der Waals surface area contributed by atoms with Crippen LogP contribution in [0.2, 0.25) is 5.02 Å². The third kappa shape index (κ3) is 4.08. The number of halogens is 2. The number of hydrogen-bond donors (Lipinski definition) is 0. The second-order valence-electron chi connectivity index (χ2n) is 7.12. The first-order valence-electron chi connectivity index (χ1n) is 9.21. The van der Waals surface area contributed by atoms with Crippen molar-refractivity contribution in [3.05, 3.63) is 70.6 Å². The quantitative estimate of drug-likeness (QED) is 0.358. The van der Waals surface area contributed by atoms with E-state index < -0.39 is 0 Å². The van der Waals surface area contributed by atoms with Crippen LogP contribution in [0.4, 0.5) is 5.69 Å². The molecule has 0 atom stereocenters. The maximum Gasteiger partial charge on any atom is 0.257 e. The van der Waals surface area contributed by atoms with E-state index in [0.29, 0.717) is 10.7 Å². The van der Waals surface area contributed by atoms with E-state index in [1.165, 1.54) is 17.0 Å². The van der Waals surface area contributed by atoms with Gasteiger partial charge in [0.2, 0.25) is 0 Å². The number of aryl methyl sites for hydroxylation is 2. The minimum atomic E-state index is -0.166. The average Bonchev–Trinajstić information content (AvgIpc) is 3.23. The SMILES string of the molecule is Cc1ccc(-c2c[n+](CC([O-])=Nc3cc(Cl)ccc3C)c3n2CCC3)cc1.Cl. The fraction of sp³-hybridized carbons (Fsp3) is 0.273. The summed E-state index contributed by atoms with van der Waals surface area (Å²) in [6.45, 7) is 5.25. The zero-order chi connectivity index (χ0) is 19.0. The molecule has 1 aliphatic rings. The number of aliphatic imine (C=N–C) groups is 1. The van der Waals surface area contributed by atoms with Crippen molar-refractivity contribution in [2.75, 3.05) is 0 Å². The van der Waals surface area contributed by atoms with Gasteiger partial charge in [-0.1, -0.05) is 47.5 Å². The highest BCUT2D eigenvalue weighted by atomic mass is 35.5. The van der Waals surface area contributed by atoms with Gasteiger partial charge in [0.05, 0.1) is 18.7 Å². The van der Waals surface area contributed by atoms with Crippen molar-refractivity contribution in [3.63, 3.8) is 0 Å². The molecule has 0 spiro atoms. The molecular formula is C22H23Cl2N3O. The smallest absolute Gasteiger partial charge is 0.257 e. The van der Waals surface area contributed by atoms with E-state index in [1.54, 1.807) is 6.07 Å². The Bertz CT molecular complexity index is 1020. The molecule has 28 heavy (non-hydrogen) atoms. The van der Waals surface area contributed by atoms with Crippen molar-refractivity contribution in [1.29, 1.82) is 0 Å². The van der Waals surface area contributed by atoms with Crippen LogP contribution in [0.1, 0.15) is 23.4 Å². The first-order chi connectivity index (χ1) is 13.0. The molecule has 0 fully saturated rings. The van der Waals surface area contributed by atoms with Crippen molar-refractivity contribution < 1.29 is 9.67 Å². The summed E-state index contributed by atoms with van der Waals surface area (Å²) < 4.78 is 4.37. The molecular weight excluding hydrogens is 393 g/mol. The Morgan fingerprint density at radius 2 is 1.93 bits per heavy atom. The molecule has 0 unspecified atom stereocenters. The Morgan fingerprint density at radius 3 is 2.68 bits per heavy atom. The molecule has 4 rings (SSSR count). The van der Waals surface area contributed by atoms with Crippen LogP contribution in [0.5, 0.6) is 0 Å². The summed E-state index contributed by atoms with van der Waals surface area (Å²) in [6.07, 6.45) is 4.17. The number of imidazole rings is 1. The molecule has 0 amide bonds. The molecule has 0 radical (unpaired) electrons. The molecule has 1 aromatic heterocycles. The van der Waals surface area contributed by atoms with Gasteiger partial charge in [0.15, 0.2) is 5.69 Å². The Hall–Kier alpha value is -2.30. The lowest BCUT2D eigenvalue weighted by Gasteiger charge is -2.10. The first kappa shape index (κ1) is 20.4. The standard InChI is InChI=1S/C22H22ClN3O.ClH/c1-15-5-8-17(9-6-15)20-13-25(22-4-3-11-26(20)22)14-21(27)24-19-12-18(23)10-7-16(19)2;/h5-10,12-13H,3-4,11,14H2,1-2H3;1H. The van der Waals surface area contributed by atoms with Crippen molar-refractivity contribution in [1.82, 2.24) is 4.57 Å². The van der Waals surface area contributed by atoms with E-state index in [4.69, 9.17) is 11.6 Å². The second-order valence-corrected chi connectivity index (χ2v) is 7.55. The van der Waals surface area contributed by atoms with E-state index in [0.717, 1.165) is 30.6 Å². The Kier molecular flexibility index (Phi) is 6.11. The topological polar surface area (TPSA) is 44.2 Å². The highest BCUT2D eigenvalue weighted by Crippen LogP contribution is 2.25. The summed E-state index contributed by atoms with van der Waals surface area (Å²) in [5.41, 5.74) is 5.17. The van der Waals surface area contributed by atoms with Crippen LogP contribution in [0.15, 0.2) is 53.7 Å². The van der Waals surface area contributed by atoms with Crippen LogP contribution in [0.25, 0.3) is 11.3 Å². The molecule has 0 bridgehead atoms. The molecule has 2 heterocycles. The van der Waals surface area contributed by atoms with Crippen LogP contribution in [-0.2, 0) is 19.5 Å². The summed E-state index contributed by atoms with van der Waals surface area (Å²) in [7, 11) is 0. The summed E-state index contributed by atoms with van der Waals surface area (Å²) in [6, 6.07) is 14.0. The van der Waals surface area contributed by atoms with Crippen molar-refractivity contribution in [2.45, 2.75) is 39.8 Å². The molecule has 146 valence electrons. The normalized spacial score (nSPS) is 13.3. The molecule has 0 saturated carbocycles. The molecule has 2 aromatic carbocycles. The summed E-state index contributed by atoms with van der Waals surface area (Å²) >= 11 is 6.04. The lowest BCUT2D eigenvalue weighted by molar-refractivity contribution is -0.693. The van der Waals surface area contributed by atoms with Gasteiger partial charge in [0.1, 0.15) is 12.7 Å². The van der Waals surface area contributed by atoms with E-state index in [9.17, 15) is 5.11 Å². The van der Waals surface area contributed by atoms with Gasteiger partial charge in [0, 0.05) is 16.5 Å². The third-order valence-corrected chi connectivity index (χ3v) is 5.30. The van der Waals surface area contributed by atoms with Gasteiger partial charge < -0.3 is 5.11 Å². The van der Waals surface area contributed by atoms with E-state index >= 15 is 0 Å². The van der Waals surface area contributed by atoms with Gasteiger partial charge in [-0.05, 0) is 38.0 Å². The molecule has 0 saturated heterocycles. The fourth-order valence-electron chi connectivity index (χ4n) is 3.62. The number of aromatic nitrogens is 2. The van der Waals surface area contributed by atoms with Crippen LogP contribution in [-0.4, -0.2) is 10.5 Å². The number of fused-ring (bicyclic) bond motifs is 1. The van der Waals surface area contributed by atoms with Gasteiger partial charge in [-0.2, -0.15) is 0 Å². The van der Waals surface area contributed by atoms with Gasteiger partial charge in [-0.15, -0.1) is 12.4 Å². The molecule has 6 heteroatoms. The zero-order valence-electron chi connectivity index (χ0n) is 16.0. The van der Waals surface area contributed by atoms with Crippen molar-refractivity contribution >= 4 is 35.6 Å². The molecule has 3 aromatic rings. The van der Waals surface area contributed by atoms with Gasteiger partial charge in [-0.3, -0.25) is 4.99 Å². The number of rotatable bonds is 4. The molecule has 0 aliphatic carbocycles. The minimum Gasteiger partial charge on any atom is -0.859 e. The van der Waals surface area contributed by atoms with E-state index in [-0.39, 0.29) is 24.8 Å². The van der Waals surface area contributed by atoms with Crippen molar-refractivity contribution in [2.24, 2.45) is 4.99 Å². The van der Waals surface area contributed by atoms with E-state index in [1.807, 2.05) is 23.6 Å². The van der Waals surface area contributed by atoms with Crippen molar-refractivity contribution in [3.8, 4) is 11.3 Å². The third-order valence-electron chi connectivity index (χ3n) is 5.06. The lowest BCUT2D eigenvalue weighted by atomic mass is 10.1. The highest BCUT2D eigenvalue weighted by Gasteiger charge is 2.28. The maximum absolute atomic E-state index is 12.6. The largest absolute Gasteiger partial charge is 0.859 e. The number of benzene rings is 2. The monoisotopic (exact) mass is 415 g/mol. The van der Waals surface area contributed by atoms with E-state index in [2.05, 4.69) is 46.9 Å². The Labute approximate surface area is 176 Å². The molecule has 4 nitrogen and oxygen atoms in total. The molecule has 0 N–H and O–H groups in total.